The number of hydrogen-bond acceptors (Lipinski definition) is 1. The maximum Gasteiger partial charge on any atom is 0.0541 e. The minimum atomic E-state index is 1.10. The lowest BCUT2D eigenvalue weighted by molar-refractivity contribution is 1.18. The predicted molar refractivity (Wildman–Crippen MR) is 255 cm³/mol. The fraction of sp³-hybridized carbons (Fsp3) is 0. The van der Waals surface area contributed by atoms with Crippen LogP contribution in [0.1, 0.15) is 0 Å². The normalized spacial score (nSPS) is 11.3. The Kier molecular flexibility index (Phi) is 8.87. The van der Waals surface area contributed by atoms with Crippen LogP contribution in [0.25, 0.3) is 82.8 Å². The molecule has 0 saturated heterocycles. The Morgan fingerprint density at radius 1 is 0.283 bits per heavy atom. The fourth-order valence-electron chi connectivity index (χ4n) is 8.84. The zero-order valence-electron chi connectivity index (χ0n) is 33.0. The first-order valence-corrected chi connectivity index (χ1v) is 20.6. The molecule has 1 aromatic heterocycles. The Labute approximate surface area is 350 Å². The van der Waals surface area contributed by atoms with Crippen LogP contribution in [0, 0.1) is 0 Å². The van der Waals surface area contributed by atoms with Gasteiger partial charge in [-0.1, -0.05) is 176 Å². The Morgan fingerprint density at radius 2 is 0.800 bits per heavy atom. The lowest BCUT2D eigenvalue weighted by Gasteiger charge is -2.28. The SMILES string of the molecule is c1ccc(-c2ccc(N(c3ccc4ccccc4c3)c3ccccc3-c3ccc4c(c3)c3ccccc3n4-c3cc(-c4ccccc4)cc(-c4ccccc4)c3)cc2)cc1. The topological polar surface area (TPSA) is 8.17 Å². The van der Waals surface area contributed by atoms with E-state index >= 15 is 0 Å². The average molecular weight is 765 g/mol. The number of nitrogens with zero attached hydrogens (tertiary/aromatic N) is 2. The predicted octanol–water partition coefficient (Wildman–Crippen LogP) is 16.1. The molecule has 0 amide bonds. The monoisotopic (exact) mass is 764 g/mol. The molecule has 0 aliphatic carbocycles. The molecule has 60 heavy (non-hydrogen) atoms. The van der Waals surface area contributed by atoms with E-state index in [1.54, 1.807) is 0 Å². The molecular weight excluding hydrogens is 725 g/mol. The molecule has 2 heteroatoms. The van der Waals surface area contributed by atoms with Crippen molar-refractivity contribution < 1.29 is 0 Å². The van der Waals surface area contributed by atoms with Crippen molar-refractivity contribution in [1.29, 1.82) is 0 Å². The van der Waals surface area contributed by atoms with E-state index in [0.717, 1.165) is 33.9 Å². The summed E-state index contributed by atoms with van der Waals surface area (Å²) in [5, 5.41) is 4.87. The Balaban J connectivity index is 1.09. The summed E-state index contributed by atoms with van der Waals surface area (Å²) in [6.45, 7) is 0. The summed E-state index contributed by atoms with van der Waals surface area (Å²) in [5.41, 5.74) is 16.3. The molecular formula is C58H40N2. The molecule has 282 valence electrons. The van der Waals surface area contributed by atoms with Gasteiger partial charge in [-0.2, -0.15) is 0 Å². The van der Waals surface area contributed by atoms with Crippen molar-refractivity contribution >= 4 is 49.6 Å². The number of hydrogen-bond donors (Lipinski definition) is 0. The summed E-state index contributed by atoms with van der Waals surface area (Å²) >= 11 is 0. The molecule has 10 aromatic carbocycles. The summed E-state index contributed by atoms with van der Waals surface area (Å²) in [4.78, 5) is 2.41. The molecule has 11 rings (SSSR count). The molecule has 0 atom stereocenters. The Bertz CT molecular complexity index is 3230. The van der Waals surface area contributed by atoms with Crippen LogP contribution < -0.4 is 4.90 Å². The largest absolute Gasteiger partial charge is 0.310 e. The van der Waals surface area contributed by atoms with Crippen molar-refractivity contribution in [2.45, 2.75) is 0 Å². The molecule has 0 aliphatic rings. The maximum absolute atomic E-state index is 2.44. The van der Waals surface area contributed by atoms with E-state index in [1.807, 2.05) is 0 Å². The van der Waals surface area contributed by atoms with Gasteiger partial charge in [0.2, 0.25) is 0 Å². The standard InChI is InChI=1S/C58H40N2/c1-4-16-41(17-5-1)45-28-32-50(33-29-45)59(51-34-30-44-22-10-11-23-46(44)37-51)56-26-14-12-24-53(56)47-31-35-58-55(40-47)54-25-13-15-27-57(54)60(58)52-38-48(42-18-6-2-7-19-42)36-49(39-52)43-20-8-3-9-21-43/h1-40H. The van der Waals surface area contributed by atoms with Crippen LogP contribution >= 0.6 is 0 Å². The van der Waals surface area contributed by atoms with Crippen molar-refractivity contribution in [2.24, 2.45) is 0 Å². The van der Waals surface area contributed by atoms with Crippen molar-refractivity contribution in [2.75, 3.05) is 4.90 Å². The van der Waals surface area contributed by atoms with Crippen LogP contribution in [0.15, 0.2) is 243 Å². The molecule has 0 saturated carbocycles. The summed E-state index contributed by atoms with van der Waals surface area (Å²) < 4.78 is 2.44. The van der Waals surface area contributed by atoms with Gasteiger partial charge in [-0.25, -0.2) is 0 Å². The van der Waals surface area contributed by atoms with Gasteiger partial charge in [0.05, 0.1) is 16.7 Å². The highest BCUT2D eigenvalue weighted by Gasteiger charge is 2.20. The highest BCUT2D eigenvalue weighted by Crippen LogP contribution is 2.44. The quantitative estimate of drug-likeness (QED) is 0.150. The fourth-order valence-corrected chi connectivity index (χ4v) is 8.84. The second-order valence-electron chi connectivity index (χ2n) is 15.4. The number of benzene rings is 10. The van der Waals surface area contributed by atoms with Crippen LogP contribution in [0.4, 0.5) is 17.1 Å². The molecule has 0 radical (unpaired) electrons. The third kappa shape index (κ3) is 6.41. The summed E-state index contributed by atoms with van der Waals surface area (Å²) in [6, 6.07) is 88.0. The highest BCUT2D eigenvalue weighted by atomic mass is 15.1. The van der Waals surface area contributed by atoms with Crippen molar-refractivity contribution in [3.8, 4) is 50.2 Å². The van der Waals surface area contributed by atoms with Crippen LogP contribution in [0.5, 0.6) is 0 Å². The van der Waals surface area contributed by atoms with Gasteiger partial charge >= 0.3 is 0 Å². The maximum atomic E-state index is 2.44. The third-order valence-corrected chi connectivity index (χ3v) is 11.7. The molecule has 0 unspecified atom stereocenters. The van der Waals surface area contributed by atoms with Crippen LogP contribution in [-0.2, 0) is 0 Å². The second kappa shape index (κ2) is 15.1. The van der Waals surface area contributed by atoms with E-state index in [4.69, 9.17) is 0 Å². The summed E-state index contributed by atoms with van der Waals surface area (Å²) in [6.07, 6.45) is 0. The van der Waals surface area contributed by atoms with Crippen molar-refractivity contribution in [3.63, 3.8) is 0 Å². The number of aromatic nitrogens is 1. The van der Waals surface area contributed by atoms with Crippen LogP contribution in [0.3, 0.4) is 0 Å². The van der Waals surface area contributed by atoms with E-state index in [1.165, 1.54) is 66.0 Å². The van der Waals surface area contributed by atoms with Crippen LogP contribution in [0.2, 0.25) is 0 Å². The lowest BCUT2D eigenvalue weighted by Crippen LogP contribution is -2.11. The zero-order valence-corrected chi connectivity index (χ0v) is 33.0. The van der Waals surface area contributed by atoms with E-state index in [2.05, 4.69) is 252 Å². The smallest absolute Gasteiger partial charge is 0.0541 e. The second-order valence-corrected chi connectivity index (χ2v) is 15.4. The first-order valence-electron chi connectivity index (χ1n) is 20.6. The van der Waals surface area contributed by atoms with E-state index < -0.39 is 0 Å². The van der Waals surface area contributed by atoms with Gasteiger partial charge < -0.3 is 9.47 Å². The molecule has 0 bridgehead atoms. The number of fused-ring (bicyclic) bond motifs is 4. The molecule has 0 N–H and O–H groups in total. The van der Waals surface area contributed by atoms with E-state index in [9.17, 15) is 0 Å². The number of anilines is 3. The van der Waals surface area contributed by atoms with Gasteiger partial charge in [0.15, 0.2) is 0 Å². The van der Waals surface area contributed by atoms with Crippen molar-refractivity contribution in [1.82, 2.24) is 4.57 Å². The van der Waals surface area contributed by atoms with Gasteiger partial charge in [-0.05, 0) is 116 Å². The van der Waals surface area contributed by atoms with Gasteiger partial charge in [-0.15, -0.1) is 0 Å². The molecule has 2 nitrogen and oxygen atoms in total. The van der Waals surface area contributed by atoms with Gasteiger partial charge in [0.25, 0.3) is 0 Å². The summed E-state index contributed by atoms with van der Waals surface area (Å²) in [5.74, 6) is 0. The molecule has 0 fully saturated rings. The minimum Gasteiger partial charge on any atom is -0.310 e. The van der Waals surface area contributed by atoms with Gasteiger partial charge in [0.1, 0.15) is 0 Å². The highest BCUT2D eigenvalue weighted by molar-refractivity contribution is 6.11. The first-order chi connectivity index (χ1) is 29.7. The molecule has 1 heterocycles. The number of para-hydroxylation sites is 2. The lowest BCUT2D eigenvalue weighted by atomic mass is 9.97. The molecule has 0 aliphatic heterocycles. The number of rotatable bonds is 8. The van der Waals surface area contributed by atoms with Gasteiger partial charge in [0, 0.05) is 33.4 Å². The minimum absolute atomic E-state index is 1.10. The molecule has 11 aromatic rings. The Hall–Kier alpha value is -7.94. The van der Waals surface area contributed by atoms with E-state index in [-0.39, 0.29) is 0 Å². The first kappa shape index (κ1) is 35.2. The van der Waals surface area contributed by atoms with Crippen LogP contribution in [-0.4, -0.2) is 4.57 Å². The zero-order chi connectivity index (χ0) is 39.8. The molecule has 0 spiro atoms. The Morgan fingerprint density at radius 3 is 1.50 bits per heavy atom. The summed E-state index contributed by atoms with van der Waals surface area (Å²) in [7, 11) is 0. The van der Waals surface area contributed by atoms with Gasteiger partial charge in [-0.3, -0.25) is 0 Å². The average Bonchev–Trinajstić information content (AvgIpc) is 3.66. The van der Waals surface area contributed by atoms with Crippen molar-refractivity contribution in [3.05, 3.63) is 243 Å². The van der Waals surface area contributed by atoms with E-state index in [0.29, 0.717) is 0 Å². The third-order valence-electron chi connectivity index (χ3n) is 11.7.